The van der Waals surface area contributed by atoms with Crippen LogP contribution in [0.3, 0.4) is 0 Å². The maximum atomic E-state index is 12.8. The second-order valence-electron chi connectivity index (χ2n) is 5.88. The van der Waals surface area contributed by atoms with Crippen molar-refractivity contribution in [2.45, 2.75) is 25.6 Å². The lowest BCUT2D eigenvalue weighted by Crippen LogP contribution is -2.05. The highest BCUT2D eigenvalue weighted by Gasteiger charge is 2.30. The molecule has 144 valence electrons. The van der Waals surface area contributed by atoms with Crippen LogP contribution in [0.25, 0.3) is 22.1 Å². The van der Waals surface area contributed by atoms with E-state index in [1.54, 1.807) is 0 Å². The molecule has 0 aliphatic rings. The molecule has 0 aliphatic carbocycles. The van der Waals surface area contributed by atoms with Crippen LogP contribution in [-0.4, -0.2) is 30.3 Å². The van der Waals surface area contributed by atoms with Crippen molar-refractivity contribution in [1.82, 2.24) is 30.3 Å². The summed E-state index contributed by atoms with van der Waals surface area (Å²) in [5.41, 5.74) is -0.488. The van der Waals surface area contributed by atoms with Crippen LogP contribution in [-0.2, 0) is 19.1 Å². The van der Waals surface area contributed by atoms with Gasteiger partial charge in [-0.05, 0) is 35.2 Å². The van der Waals surface area contributed by atoms with Gasteiger partial charge in [0.1, 0.15) is 0 Å². The Morgan fingerprint density at radius 1 is 1.11 bits per heavy atom. The number of halogens is 3. The van der Waals surface area contributed by atoms with Crippen LogP contribution < -0.4 is 0 Å². The van der Waals surface area contributed by atoms with Crippen LogP contribution in [0.4, 0.5) is 13.2 Å². The maximum Gasteiger partial charge on any atom is 0.416 e. The Bertz CT molecular complexity index is 1060. The molecule has 0 unspecified atom stereocenters. The first kappa shape index (κ1) is 18.3. The highest BCUT2D eigenvalue weighted by molar-refractivity contribution is 7.13. The molecule has 1 aromatic carbocycles. The molecule has 0 saturated heterocycles. The van der Waals surface area contributed by atoms with Crippen molar-refractivity contribution in [1.29, 1.82) is 0 Å². The molecule has 0 aliphatic heterocycles. The fourth-order valence-corrected chi connectivity index (χ4v) is 3.17. The first-order valence-electron chi connectivity index (χ1n) is 8.31. The molecule has 0 spiro atoms. The summed E-state index contributed by atoms with van der Waals surface area (Å²) in [5.74, 6) is 1.20. The molecular weight excluding hydrogens is 393 g/mol. The van der Waals surface area contributed by atoms with Gasteiger partial charge in [-0.25, -0.2) is 0 Å². The predicted molar refractivity (Wildman–Crippen MR) is 94.2 cm³/mol. The normalized spacial score (nSPS) is 11.8. The van der Waals surface area contributed by atoms with Crippen LogP contribution in [0.1, 0.15) is 17.9 Å². The molecule has 11 heteroatoms. The van der Waals surface area contributed by atoms with Gasteiger partial charge in [-0.3, -0.25) is 0 Å². The molecule has 0 bridgehead atoms. The summed E-state index contributed by atoms with van der Waals surface area (Å²) in [5, 5.41) is 17.7. The number of nitrogens with zero attached hydrogens (tertiary/aromatic N) is 6. The topological polar surface area (TPSA) is 82.5 Å². The third-order valence-corrected chi connectivity index (χ3v) is 4.73. The third-order valence-electron chi connectivity index (χ3n) is 3.86. The molecule has 0 radical (unpaired) electrons. The summed E-state index contributed by atoms with van der Waals surface area (Å²) >= 11 is 1.53. The molecule has 0 amide bonds. The van der Waals surface area contributed by atoms with E-state index < -0.39 is 11.7 Å². The molecule has 0 saturated carbocycles. The number of aromatic nitrogens is 6. The van der Waals surface area contributed by atoms with E-state index in [2.05, 4.69) is 25.6 Å². The number of hydrogen-bond donors (Lipinski definition) is 0. The molecule has 28 heavy (non-hydrogen) atoms. The van der Waals surface area contributed by atoms with E-state index in [1.165, 1.54) is 28.3 Å². The molecule has 4 aromatic rings. The SMILES string of the molecule is FC(F)(F)c1cccc(-c2nnn(CCCc3nc(-c4cccs4)no3)n2)c1. The average Bonchev–Trinajstić information content (AvgIpc) is 3.42. The van der Waals surface area contributed by atoms with E-state index in [9.17, 15) is 13.2 Å². The Morgan fingerprint density at radius 3 is 2.79 bits per heavy atom. The Morgan fingerprint density at radius 2 is 2.00 bits per heavy atom. The smallest absolute Gasteiger partial charge is 0.339 e. The second-order valence-corrected chi connectivity index (χ2v) is 6.83. The molecule has 3 heterocycles. The lowest BCUT2D eigenvalue weighted by Gasteiger charge is -2.06. The van der Waals surface area contributed by atoms with E-state index in [1.807, 2.05) is 17.5 Å². The van der Waals surface area contributed by atoms with Crippen molar-refractivity contribution in [3.05, 3.63) is 53.2 Å². The minimum absolute atomic E-state index is 0.142. The van der Waals surface area contributed by atoms with Crippen LogP contribution in [0.2, 0.25) is 0 Å². The van der Waals surface area contributed by atoms with Crippen molar-refractivity contribution < 1.29 is 17.7 Å². The molecule has 7 nitrogen and oxygen atoms in total. The summed E-state index contributed by atoms with van der Waals surface area (Å²) < 4.78 is 43.7. The van der Waals surface area contributed by atoms with E-state index in [0.29, 0.717) is 31.1 Å². The summed E-state index contributed by atoms with van der Waals surface area (Å²) in [4.78, 5) is 6.60. The minimum Gasteiger partial charge on any atom is -0.339 e. The van der Waals surface area contributed by atoms with E-state index in [4.69, 9.17) is 4.52 Å². The molecular formula is C17H13F3N6OS. The number of benzene rings is 1. The second kappa shape index (κ2) is 7.50. The fraction of sp³-hybridized carbons (Fsp3) is 0.235. The predicted octanol–water partition coefficient (Wildman–Crippen LogP) is 4.10. The highest BCUT2D eigenvalue weighted by Crippen LogP contribution is 2.31. The minimum atomic E-state index is -4.42. The largest absolute Gasteiger partial charge is 0.416 e. The first-order valence-corrected chi connectivity index (χ1v) is 9.19. The van der Waals surface area contributed by atoms with Gasteiger partial charge < -0.3 is 4.52 Å². The van der Waals surface area contributed by atoms with Gasteiger partial charge in [-0.15, -0.1) is 21.5 Å². The van der Waals surface area contributed by atoms with Crippen molar-refractivity contribution >= 4 is 11.3 Å². The van der Waals surface area contributed by atoms with Gasteiger partial charge >= 0.3 is 6.18 Å². The molecule has 0 atom stereocenters. The van der Waals surface area contributed by atoms with Gasteiger partial charge in [-0.1, -0.05) is 23.4 Å². The summed E-state index contributed by atoms with van der Waals surface area (Å²) in [7, 11) is 0. The van der Waals surface area contributed by atoms with Gasteiger partial charge in [0.15, 0.2) is 0 Å². The Hall–Kier alpha value is -3.08. The van der Waals surface area contributed by atoms with Crippen LogP contribution in [0.15, 0.2) is 46.3 Å². The fourth-order valence-electron chi connectivity index (χ4n) is 2.52. The number of tetrazole rings is 1. The summed E-state index contributed by atoms with van der Waals surface area (Å²) in [6.07, 6.45) is -3.28. The lowest BCUT2D eigenvalue weighted by atomic mass is 10.1. The van der Waals surface area contributed by atoms with Crippen LogP contribution in [0, 0.1) is 0 Å². The summed E-state index contributed by atoms with van der Waals surface area (Å²) in [6.45, 7) is 0.419. The Labute approximate surface area is 160 Å². The monoisotopic (exact) mass is 406 g/mol. The Kier molecular flexibility index (Phi) is 4.90. The highest BCUT2D eigenvalue weighted by atomic mass is 32.1. The quantitative estimate of drug-likeness (QED) is 0.479. The number of aryl methyl sites for hydroxylation is 2. The number of thiophene rings is 1. The van der Waals surface area contributed by atoms with E-state index in [-0.39, 0.29) is 11.4 Å². The van der Waals surface area contributed by atoms with Crippen molar-refractivity contribution in [2.75, 3.05) is 0 Å². The lowest BCUT2D eigenvalue weighted by molar-refractivity contribution is -0.137. The zero-order valence-electron chi connectivity index (χ0n) is 14.3. The summed E-state index contributed by atoms with van der Waals surface area (Å²) in [6, 6.07) is 8.66. The van der Waals surface area contributed by atoms with Crippen LogP contribution >= 0.6 is 11.3 Å². The zero-order valence-corrected chi connectivity index (χ0v) is 15.1. The van der Waals surface area contributed by atoms with Crippen molar-refractivity contribution in [2.24, 2.45) is 0 Å². The van der Waals surface area contributed by atoms with E-state index in [0.717, 1.165) is 17.0 Å². The molecule has 0 N–H and O–H groups in total. The van der Waals surface area contributed by atoms with Crippen molar-refractivity contribution in [3.8, 4) is 22.1 Å². The standard InChI is InChI=1S/C17H13F3N6OS/c18-17(19,20)12-5-1-4-11(10-12)15-22-25-26(23-15)8-2-7-14-21-16(24-27-14)13-6-3-9-28-13/h1,3-6,9-10H,2,7-8H2. The third kappa shape index (κ3) is 4.09. The number of hydrogen-bond acceptors (Lipinski definition) is 7. The molecule has 4 rings (SSSR count). The average molecular weight is 406 g/mol. The Balaban J connectivity index is 1.37. The van der Waals surface area contributed by atoms with Crippen LogP contribution in [0.5, 0.6) is 0 Å². The number of alkyl halides is 3. The maximum absolute atomic E-state index is 12.8. The van der Waals surface area contributed by atoms with Gasteiger partial charge in [0.25, 0.3) is 0 Å². The molecule has 0 fully saturated rings. The van der Waals surface area contributed by atoms with Crippen molar-refractivity contribution in [3.63, 3.8) is 0 Å². The van der Waals surface area contributed by atoms with E-state index >= 15 is 0 Å². The first-order chi connectivity index (χ1) is 13.5. The number of rotatable bonds is 6. The van der Waals surface area contributed by atoms with Gasteiger partial charge in [-0.2, -0.15) is 23.0 Å². The van der Waals surface area contributed by atoms with Gasteiger partial charge in [0.05, 0.1) is 17.0 Å². The van der Waals surface area contributed by atoms with Gasteiger partial charge in [0.2, 0.25) is 17.5 Å². The van der Waals surface area contributed by atoms with Gasteiger partial charge in [0, 0.05) is 12.0 Å². The molecule has 3 aromatic heterocycles. The zero-order chi connectivity index (χ0) is 19.6.